The van der Waals surface area contributed by atoms with Crippen molar-refractivity contribution in [3.63, 3.8) is 0 Å². The highest BCUT2D eigenvalue weighted by Gasteiger charge is 2.21. The van der Waals surface area contributed by atoms with Crippen LogP contribution in [0.5, 0.6) is 0 Å². The van der Waals surface area contributed by atoms with Crippen molar-refractivity contribution < 1.29 is 12.5 Å². The van der Waals surface area contributed by atoms with Gasteiger partial charge < -0.3 is 0 Å². The molecular weight excluding hydrogens is 184 g/mol. The zero-order chi connectivity index (χ0) is 8.74. The molecule has 70 valence electrons. The zero-order valence-electron chi connectivity index (χ0n) is 7.20. The summed E-state index contributed by atoms with van der Waals surface area (Å²) in [5.41, 5.74) is 0. The first-order chi connectivity index (χ1) is 5.24. The molecule has 0 aliphatic carbocycles. The second-order valence-corrected chi connectivity index (χ2v) is 4.81. The Morgan fingerprint density at radius 1 is 1.09 bits per heavy atom. The molecule has 0 amide bonds. The van der Waals surface area contributed by atoms with Gasteiger partial charge in [-0.2, -0.15) is 12.6 Å². The summed E-state index contributed by atoms with van der Waals surface area (Å²) in [6.45, 7) is 0. The van der Waals surface area contributed by atoms with Crippen LogP contribution in [0, 0.1) is 0 Å². The first-order valence-electron chi connectivity index (χ1n) is 3.33. The minimum absolute atomic E-state index is 0.778. The van der Waals surface area contributed by atoms with E-state index >= 15 is 0 Å². The van der Waals surface area contributed by atoms with Crippen molar-refractivity contribution in [3.05, 3.63) is 0 Å². The average molecular weight is 200 g/mol. The first kappa shape index (κ1) is 11.6. The molecule has 0 radical (unpaired) electrons. The van der Waals surface area contributed by atoms with E-state index in [1.54, 1.807) is 21.3 Å². The lowest BCUT2D eigenvalue weighted by atomic mass is 10.6. The number of hydrogen-bond donors (Lipinski definition) is 1. The van der Waals surface area contributed by atoms with Gasteiger partial charge in [0, 0.05) is 5.75 Å². The van der Waals surface area contributed by atoms with E-state index in [4.69, 9.17) is 12.5 Å². The van der Waals surface area contributed by atoms with Gasteiger partial charge in [-0.15, -0.1) is 0 Å². The van der Waals surface area contributed by atoms with Crippen LogP contribution in [0.1, 0.15) is 6.42 Å². The van der Waals surface area contributed by atoms with Gasteiger partial charge in [0.25, 0.3) is 0 Å². The summed E-state index contributed by atoms with van der Waals surface area (Å²) in [5.74, 6) is 1.60. The van der Waals surface area contributed by atoms with Gasteiger partial charge in [-0.25, -0.2) is 0 Å². The summed E-state index contributed by atoms with van der Waals surface area (Å²) in [5, 5.41) is 0. The third kappa shape index (κ3) is 3.66. The quantitative estimate of drug-likeness (QED) is 0.663. The molecule has 3 nitrogen and oxygen atoms in total. The van der Waals surface area contributed by atoms with Gasteiger partial charge in [0.1, 0.15) is 0 Å². The molecule has 0 bridgehead atoms. The van der Waals surface area contributed by atoms with Crippen molar-refractivity contribution in [1.29, 1.82) is 0 Å². The molecule has 0 aliphatic heterocycles. The third-order valence-corrected chi connectivity index (χ3v) is 3.94. The van der Waals surface area contributed by atoms with Crippen LogP contribution in [-0.2, 0) is 12.5 Å². The van der Waals surface area contributed by atoms with Crippen molar-refractivity contribution in [2.24, 2.45) is 0 Å². The molecular formula is C6H16O3S2. The van der Waals surface area contributed by atoms with E-state index in [0.29, 0.717) is 0 Å². The van der Waals surface area contributed by atoms with E-state index in [0.717, 1.165) is 17.9 Å². The summed E-state index contributed by atoms with van der Waals surface area (Å²) in [7, 11) is 3.07. The van der Waals surface area contributed by atoms with Crippen molar-refractivity contribution in [2.45, 2.75) is 6.42 Å². The SMILES string of the molecule is COS(CCCS)(OC)OC. The molecule has 0 heterocycles. The van der Waals surface area contributed by atoms with E-state index in [-0.39, 0.29) is 0 Å². The summed E-state index contributed by atoms with van der Waals surface area (Å²) in [6.07, 6.45) is 0.938. The molecule has 0 saturated carbocycles. The normalized spacial score (nSPS) is 13.5. The highest BCUT2D eigenvalue weighted by atomic mass is 32.3. The maximum Gasteiger partial charge on any atom is 0.0879 e. The maximum absolute atomic E-state index is 5.14. The number of rotatable bonds is 6. The van der Waals surface area contributed by atoms with Gasteiger partial charge in [-0.05, 0) is 12.2 Å². The molecule has 0 saturated heterocycles. The van der Waals surface area contributed by atoms with E-state index in [2.05, 4.69) is 12.6 Å². The standard InChI is InChI=1S/C6H16O3S2/c1-7-11(8-2,9-3)6-4-5-10/h10H,4-6H2,1-3H3. The third-order valence-electron chi connectivity index (χ3n) is 1.31. The van der Waals surface area contributed by atoms with Crippen LogP contribution in [-0.4, -0.2) is 32.8 Å². The summed E-state index contributed by atoms with van der Waals surface area (Å²) in [4.78, 5) is 0. The van der Waals surface area contributed by atoms with E-state index in [9.17, 15) is 0 Å². The molecule has 0 aromatic heterocycles. The van der Waals surface area contributed by atoms with Gasteiger partial charge in [-0.1, -0.05) is 0 Å². The minimum atomic E-state index is -1.72. The van der Waals surface area contributed by atoms with Gasteiger partial charge in [-0.3, -0.25) is 12.5 Å². The molecule has 0 aromatic rings. The van der Waals surface area contributed by atoms with Crippen LogP contribution in [0.4, 0.5) is 0 Å². The Kier molecular flexibility index (Phi) is 6.46. The fraction of sp³-hybridized carbons (Fsp3) is 1.00. The maximum atomic E-state index is 5.14. The lowest BCUT2D eigenvalue weighted by molar-refractivity contribution is 0.248. The Hall–Kier alpha value is 0.580. The molecule has 0 unspecified atom stereocenters. The van der Waals surface area contributed by atoms with Gasteiger partial charge >= 0.3 is 0 Å². The monoisotopic (exact) mass is 200 g/mol. The number of hydrogen-bond acceptors (Lipinski definition) is 4. The Morgan fingerprint density at radius 2 is 1.55 bits per heavy atom. The molecule has 0 fully saturated rings. The predicted molar refractivity (Wildman–Crippen MR) is 52.0 cm³/mol. The second-order valence-electron chi connectivity index (χ2n) is 1.84. The van der Waals surface area contributed by atoms with Gasteiger partial charge in [0.2, 0.25) is 0 Å². The number of thiol groups is 1. The predicted octanol–water partition coefficient (Wildman–Crippen LogP) is 1.80. The lowest BCUT2D eigenvalue weighted by Gasteiger charge is -2.33. The van der Waals surface area contributed by atoms with Crippen molar-refractivity contribution in [2.75, 3.05) is 32.8 Å². The van der Waals surface area contributed by atoms with Crippen molar-refractivity contribution in [3.8, 4) is 0 Å². The van der Waals surface area contributed by atoms with E-state index in [1.165, 1.54) is 0 Å². The van der Waals surface area contributed by atoms with Crippen LogP contribution >= 0.6 is 23.5 Å². The average Bonchev–Trinajstić information content (AvgIpc) is 2.08. The fourth-order valence-corrected chi connectivity index (χ4v) is 2.47. The summed E-state index contributed by atoms with van der Waals surface area (Å²) >= 11 is 4.10. The smallest absolute Gasteiger partial charge is 0.0879 e. The molecule has 11 heavy (non-hydrogen) atoms. The molecule has 0 atom stereocenters. The van der Waals surface area contributed by atoms with Crippen LogP contribution in [0.3, 0.4) is 0 Å². The summed E-state index contributed by atoms with van der Waals surface area (Å²) in [6, 6.07) is 0. The van der Waals surface area contributed by atoms with E-state index in [1.807, 2.05) is 0 Å². The molecule has 0 N–H and O–H groups in total. The van der Waals surface area contributed by atoms with Crippen LogP contribution < -0.4 is 0 Å². The summed E-state index contributed by atoms with van der Waals surface area (Å²) < 4.78 is 15.4. The zero-order valence-corrected chi connectivity index (χ0v) is 8.91. The Morgan fingerprint density at radius 3 is 1.82 bits per heavy atom. The second kappa shape index (κ2) is 6.14. The first-order valence-corrected chi connectivity index (χ1v) is 5.54. The Balaban J connectivity index is 3.84. The molecule has 0 rings (SSSR count). The Labute approximate surface area is 75.7 Å². The lowest BCUT2D eigenvalue weighted by Crippen LogP contribution is -2.11. The van der Waals surface area contributed by atoms with Gasteiger partial charge in [0.15, 0.2) is 0 Å². The highest BCUT2D eigenvalue weighted by molar-refractivity contribution is 8.21. The molecule has 0 aromatic carbocycles. The highest BCUT2D eigenvalue weighted by Crippen LogP contribution is 2.49. The Bertz CT molecular complexity index is 87.6. The van der Waals surface area contributed by atoms with Gasteiger partial charge in [0.05, 0.1) is 32.2 Å². The van der Waals surface area contributed by atoms with Crippen LogP contribution in [0.25, 0.3) is 0 Å². The largest absolute Gasteiger partial charge is 0.296 e. The van der Waals surface area contributed by atoms with Crippen molar-refractivity contribution in [1.82, 2.24) is 0 Å². The van der Waals surface area contributed by atoms with Crippen molar-refractivity contribution >= 4 is 23.5 Å². The van der Waals surface area contributed by atoms with Crippen LogP contribution in [0.2, 0.25) is 0 Å². The molecule has 0 aliphatic rings. The van der Waals surface area contributed by atoms with E-state index < -0.39 is 10.9 Å². The topological polar surface area (TPSA) is 27.7 Å². The fourth-order valence-electron chi connectivity index (χ4n) is 0.695. The molecule has 0 spiro atoms. The minimum Gasteiger partial charge on any atom is -0.296 e. The molecule has 5 heteroatoms. The van der Waals surface area contributed by atoms with Crippen LogP contribution in [0.15, 0.2) is 0 Å².